The molecule has 0 spiro atoms. The van der Waals surface area contributed by atoms with E-state index in [2.05, 4.69) is 9.97 Å². The van der Waals surface area contributed by atoms with E-state index in [1.54, 1.807) is 24.4 Å². The quantitative estimate of drug-likeness (QED) is 0.470. The average molecular weight is 343 g/mol. The third-order valence-electron chi connectivity index (χ3n) is 3.49. The minimum Gasteiger partial charge on any atom is -0.421 e. The third-order valence-corrected chi connectivity index (χ3v) is 3.99. The molecule has 3 aromatic heterocycles. The first-order valence-electron chi connectivity index (χ1n) is 6.77. The van der Waals surface area contributed by atoms with Gasteiger partial charge in [-0.1, -0.05) is 23.2 Å². The van der Waals surface area contributed by atoms with Crippen LogP contribution < -0.4 is 5.63 Å². The van der Waals surface area contributed by atoms with Gasteiger partial charge in [0.15, 0.2) is 11.2 Å². The summed E-state index contributed by atoms with van der Waals surface area (Å²) >= 11 is 12.1. The summed E-state index contributed by atoms with van der Waals surface area (Å²) in [5, 5.41) is 2.30. The molecule has 0 amide bonds. The molecule has 0 aliphatic rings. The topological polar surface area (TPSA) is 56.0 Å². The number of rotatable bonds is 1. The highest BCUT2D eigenvalue weighted by Crippen LogP contribution is 2.29. The van der Waals surface area contributed by atoms with Crippen molar-refractivity contribution in [3.05, 3.63) is 69.1 Å². The molecule has 0 atom stereocenters. The van der Waals surface area contributed by atoms with Crippen molar-refractivity contribution in [1.29, 1.82) is 0 Å². The lowest BCUT2D eigenvalue weighted by atomic mass is 10.1. The summed E-state index contributed by atoms with van der Waals surface area (Å²) in [5.74, 6) is 0. The minimum absolute atomic E-state index is 0.296. The molecule has 23 heavy (non-hydrogen) atoms. The van der Waals surface area contributed by atoms with Crippen molar-refractivity contribution >= 4 is 45.2 Å². The highest BCUT2D eigenvalue weighted by Gasteiger charge is 2.12. The fourth-order valence-electron chi connectivity index (χ4n) is 2.44. The molecule has 0 bridgehead atoms. The lowest BCUT2D eigenvalue weighted by Gasteiger charge is -2.05. The molecule has 0 fully saturated rings. The molecule has 6 heteroatoms. The van der Waals surface area contributed by atoms with E-state index in [0.717, 1.165) is 5.39 Å². The molecule has 0 aliphatic carbocycles. The maximum Gasteiger partial charge on any atom is 0.345 e. The molecule has 1 aromatic carbocycles. The number of aromatic nitrogens is 2. The monoisotopic (exact) mass is 342 g/mol. The molecule has 3 heterocycles. The molecule has 0 unspecified atom stereocenters. The SMILES string of the molecule is O=c1oc2c(Cl)cc(Cl)cc2cc1-c1ccc2cccnc2n1. The van der Waals surface area contributed by atoms with Crippen LogP contribution in [0.4, 0.5) is 0 Å². The number of nitrogens with zero attached hydrogens (tertiary/aromatic N) is 2. The Hall–Kier alpha value is -2.43. The largest absolute Gasteiger partial charge is 0.421 e. The Morgan fingerprint density at radius 1 is 1.00 bits per heavy atom. The van der Waals surface area contributed by atoms with Crippen molar-refractivity contribution in [3.8, 4) is 11.3 Å². The molecule has 0 saturated heterocycles. The second kappa shape index (κ2) is 5.33. The van der Waals surface area contributed by atoms with Crippen LogP contribution in [0.1, 0.15) is 0 Å². The fourth-order valence-corrected chi connectivity index (χ4v) is 2.99. The van der Waals surface area contributed by atoms with E-state index >= 15 is 0 Å². The molecular weight excluding hydrogens is 335 g/mol. The van der Waals surface area contributed by atoms with E-state index in [4.69, 9.17) is 27.6 Å². The van der Waals surface area contributed by atoms with Crippen LogP contribution in [0.15, 0.2) is 57.9 Å². The van der Waals surface area contributed by atoms with Crippen LogP contribution in [0.3, 0.4) is 0 Å². The van der Waals surface area contributed by atoms with Crippen LogP contribution in [0.5, 0.6) is 0 Å². The van der Waals surface area contributed by atoms with Gasteiger partial charge < -0.3 is 4.42 Å². The Balaban J connectivity index is 2.00. The Morgan fingerprint density at radius 2 is 1.87 bits per heavy atom. The van der Waals surface area contributed by atoms with Crippen molar-refractivity contribution in [3.63, 3.8) is 0 Å². The molecule has 4 rings (SSSR count). The molecule has 0 saturated carbocycles. The van der Waals surface area contributed by atoms with Gasteiger partial charge in [-0.15, -0.1) is 0 Å². The average Bonchev–Trinajstić information content (AvgIpc) is 2.54. The second-order valence-corrected chi connectivity index (χ2v) is 5.84. The molecular formula is C17H8Cl2N2O2. The number of hydrogen-bond acceptors (Lipinski definition) is 4. The van der Waals surface area contributed by atoms with Gasteiger partial charge in [0.1, 0.15) is 0 Å². The summed E-state index contributed by atoms with van der Waals surface area (Å²) < 4.78 is 5.34. The van der Waals surface area contributed by atoms with Crippen LogP contribution in [0.25, 0.3) is 33.3 Å². The molecule has 0 aliphatic heterocycles. The zero-order chi connectivity index (χ0) is 16.0. The molecule has 0 N–H and O–H groups in total. The van der Waals surface area contributed by atoms with E-state index in [0.29, 0.717) is 37.9 Å². The Bertz CT molecular complexity index is 1120. The van der Waals surface area contributed by atoms with Crippen LogP contribution in [0, 0.1) is 0 Å². The first-order chi connectivity index (χ1) is 11.1. The van der Waals surface area contributed by atoms with Gasteiger partial charge in [-0.3, -0.25) is 0 Å². The Morgan fingerprint density at radius 3 is 2.74 bits per heavy atom. The first kappa shape index (κ1) is 14.2. The predicted octanol–water partition coefficient (Wildman–Crippen LogP) is 4.71. The number of benzene rings is 1. The lowest BCUT2D eigenvalue weighted by molar-refractivity contribution is 0.563. The first-order valence-corrected chi connectivity index (χ1v) is 7.52. The summed E-state index contributed by atoms with van der Waals surface area (Å²) in [4.78, 5) is 20.9. The van der Waals surface area contributed by atoms with Gasteiger partial charge in [-0.2, -0.15) is 0 Å². The maximum atomic E-state index is 12.3. The number of halogens is 2. The fraction of sp³-hybridized carbons (Fsp3) is 0. The van der Waals surface area contributed by atoms with Gasteiger partial charge in [0.2, 0.25) is 0 Å². The summed E-state index contributed by atoms with van der Waals surface area (Å²) in [6.45, 7) is 0. The Kier molecular flexibility index (Phi) is 3.29. The summed E-state index contributed by atoms with van der Waals surface area (Å²) in [5.41, 5.74) is 1.19. The van der Waals surface area contributed by atoms with Gasteiger partial charge in [0, 0.05) is 22.0 Å². The van der Waals surface area contributed by atoms with E-state index < -0.39 is 5.63 Å². The van der Waals surface area contributed by atoms with E-state index in [1.165, 1.54) is 6.07 Å². The Labute approximate surface area is 140 Å². The van der Waals surface area contributed by atoms with Gasteiger partial charge in [-0.05, 0) is 42.5 Å². The van der Waals surface area contributed by atoms with Crippen molar-refractivity contribution in [2.75, 3.05) is 0 Å². The molecule has 4 nitrogen and oxygen atoms in total. The number of hydrogen-bond donors (Lipinski definition) is 0. The highest BCUT2D eigenvalue weighted by atomic mass is 35.5. The van der Waals surface area contributed by atoms with Gasteiger partial charge in [-0.25, -0.2) is 14.8 Å². The van der Waals surface area contributed by atoms with Gasteiger partial charge in [0.05, 0.1) is 16.3 Å². The predicted molar refractivity (Wildman–Crippen MR) is 91.0 cm³/mol. The van der Waals surface area contributed by atoms with Crippen molar-refractivity contribution < 1.29 is 4.42 Å². The maximum absolute atomic E-state index is 12.3. The van der Waals surface area contributed by atoms with Crippen molar-refractivity contribution in [1.82, 2.24) is 9.97 Å². The minimum atomic E-state index is -0.510. The zero-order valence-corrected chi connectivity index (χ0v) is 13.1. The smallest absolute Gasteiger partial charge is 0.345 e. The van der Waals surface area contributed by atoms with Crippen LogP contribution in [-0.2, 0) is 0 Å². The van der Waals surface area contributed by atoms with E-state index in [9.17, 15) is 4.79 Å². The summed E-state index contributed by atoms with van der Waals surface area (Å²) in [6.07, 6.45) is 1.65. The highest BCUT2D eigenvalue weighted by molar-refractivity contribution is 6.38. The standard InChI is InChI=1S/C17H8Cl2N2O2/c18-11-6-10-7-12(17(22)23-15(10)13(19)8-11)14-4-3-9-2-1-5-20-16(9)21-14/h1-8H. The summed E-state index contributed by atoms with van der Waals surface area (Å²) in [7, 11) is 0. The van der Waals surface area contributed by atoms with E-state index in [-0.39, 0.29) is 0 Å². The van der Waals surface area contributed by atoms with Crippen LogP contribution >= 0.6 is 23.2 Å². The number of fused-ring (bicyclic) bond motifs is 2. The molecule has 4 aromatic rings. The van der Waals surface area contributed by atoms with Gasteiger partial charge >= 0.3 is 5.63 Å². The van der Waals surface area contributed by atoms with E-state index in [1.807, 2.05) is 18.2 Å². The van der Waals surface area contributed by atoms with Crippen LogP contribution in [-0.4, -0.2) is 9.97 Å². The van der Waals surface area contributed by atoms with Gasteiger partial charge in [0.25, 0.3) is 0 Å². The van der Waals surface area contributed by atoms with Crippen molar-refractivity contribution in [2.45, 2.75) is 0 Å². The van der Waals surface area contributed by atoms with Crippen molar-refractivity contribution in [2.24, 2.45) is 0 Å². The van der Waals surface area contributed by atoms with Crippen LogP contribution in [0.2, 0.25) is 10.0 Å². The second-order valence-electron chi connectivity index (χ2n) is 5.00. The molecule has 112 valence electrons. The molecule has 0 radical (unpaired) electrons. The lowest BCUT2D eigenvalue weighted by Crippen LogP contribution is -2.04. The normalized spacial score (nSPS) is 11.2. The zero-order valence-electron chi connectivity index (χ0n) is 11.6. The summed E-state index contributed by atoms with van der Waals surface area (Å²) in [6, 6.07) is 12.3. The number of pyridine rings is 2. The third kappa shape index (κ3) is 2.46.